The van der Waals surface area contributed by atoms with E-state index in [0.29, 0.717) is 22.5 Å². The molecule has 0 amide bonds. The maximum absolute atomic E-state index is 13.2. The number of rotatable bonds is 2. The number of anilines is 1. The van der Waals surface area contributed by atoms with Gasteiger partial charge in [0.05, 0.1) is 6.54 Å². The Labute approximate surface area is 107 Å². The van der Waals surface area contributed by atoms with Crippen LogP contribution < -0.4 is 11.5 Å². The first kappa shape index (κ1) is 11.5. The van der Waals surface area contributed by atoms with E-state index in [9.17, 15) is 9.18 Å². The predicted octanol–water partition coefficient (Wildman–Crippen LogP) is 1.76. The fraction of sp³-hybridized carbons (Fsp3) is 0.0769. The number of benzene rings is 1. The molecule has 0 unspecified atom stereocenters. The van der Waals surface area contributed by atoms with Crippen LogP contribution in [0.2, 0.25) is 0 Å². The zero-order chi connectivity index (χ0) is 13.4. The molecule has 0 aliphatic carbocycles. The van der Waals surface area contributed by atoms with E-state index in [0.717, 1.165) is 0 Å². The lowest BCUT2D eigenvalue weighted by atomic mass is 10.2. The fourth-order valence-electron chi connectivity index (χ4n) is 1.92. The molecule has 0 aliphatic rings. The summed E-state index contributed by atoms with van der Waals surface area (Å²) in [6.45, 7) is 0.117. The number of hydrogen-bond acceptors (Lipinski definition) is 4. The Morgan fingerprint density at radius 1 is 1.37 bits per heavy atom. The van der Waals surface area contributed by atoms with Gasteiger partial charge in [-0.15, -0.1) is 0 Å². The molecule has 5 nitrogen and oxygen atoms in total. The van der Waals surface area contributed by atoms with Gasteiger partial charge in [0.15, 0.2) is 11.2 Å². The minimum absolute atomic E-state index is 0.117. The molecule has 3 rings (SSSR count). The third-order valence-corrected chi connectivity index (χ3v) is 2.86. The van der Waals surface area contributed by atoms with Gasteiger partial charge in [0, 0.05) is 11.9 Å². The van der Waals surface area contributed by atoms with Crippen molar-refractivity contribution in [3.8, 4) is 0 Å². The summed E-state index contributed by atoms with van der Waals surface area (Å²) in [6, 6.07) is 7.35. The Morgan fingerprint density at radius 2 is 2.21 bits per heavy atom. The number of aromatic nitrogens is 2. The van der Waals surface area contributed by atoms with E-state index in [4.69, 9.17) is 10.2 Å². The summed E-state index contributed by atoms with van der Waals surface area (Å²) in [6.07, 6.45) is 1.56. The number of fused-ring (bicyclic) bond motifs is 1. The molecule has 0 aliphatic heterocycles. The van der Waals surface area contributed by atoms with Crippen LogP contribution in [-0.2, 0) is 6.54 Å². The minimum atomic E-state index is -0.544. The molecule has 0 spiro atoms. The van der Waals surface area contributed by atoms with Crippen molar-refractivity contribution < 1.29 is 8.81 Å². The van der Waals surface area contributed by atoms with Gasteiger partial charge in [-0.3, -0.25) is 4.57 Å². The van der Waals surface area contributed by atoms with Gasteiger partial charge < -0.3 is 10.2 Å². The van der Waals surface area contributed by atoms with Gasteiger partial charge in [-0.25, -0.2) is 14.2 Å². The quantitative estimate of drug-likeness (QED) is 0.711. The van der Waals surface area contributed by atoms with Crippen LogP contribution in [0.3, 0.4) is 0 Å². The number of nitrogen functional groups attached to an aromatic ring is 1. The Hall–Kier alpha value is -2.63. The molecule has 0 radical (unpaired) electrons. The zero-order valence-electron chi connectivity index (χ0n) is 9.84. The average Bonchev–Trinajstić information content (AvgIpc) is 2.71. The second-order valence-electron chi connectivity index (χ2n) is 4.12. The summed E-state index contributed by atoms with van der Waals surface area (Å²) in [5.74, 6) is -0.949. The fourth-order valence-corrected chi connectivity index (χ4v) is 1.92. The number of hydrogen-bond donors (Lipinski definition) is 1. The summed E-state index contributed by atoms with van der Waals surface area (Å²) < 4.78 is 19.6. The molecule has 0 atom stereocenters. The largest absolute Gasteiger partial charge is 0.421 e. The Balaban J connectivity index is 2.13. The molecule has 2 heterocycles. The highest BCUT2D eigenvalue weighted by Crippen LogP contribution is 2.16. The maximum atomic E-state index is 13.2. The highest BCUT2D eigenvalue weighted by molar-refractivity contribution is 5.67. The first-order valence-electron chi connectivity index (χ1n) is 5.63. The molecular formula is C13H10FN3O2. The molecule has 19 heavy (non-hydrogen) atoms. The lowest BCUT2D eigenvalue weighted by Crippen LogP contribution is -2.16. The van der Waals surface area contributed by atoms with Gasteiger partial charge in [-0.2, -0.15) is 0 Å². The van der Waals surface area contributed by atoms with Crippen LogP contribution in [-0.4, -0.2) is 9.55 Å². The maximum Gasteiger partial charge on any atom is 0.421 e. The lowest BCUT2D eigenvalue weighted by Gasteiger charge is -2.05. The van der Waals surface area contributed by atoms with Crippen molar-refractivity contribution in [1.82, 2.24) is 9.55 Å². The van der Waals surface area contributed by atoms with E-state index < -0.39 is 11.6 Å². The van der Waals surface area contributed by atoms with Gasteiger partial charge >= 0.3 is 5.76 Å². The molecule has 1 aromatic carbocycles. The second kappa shape index (κ2) is 4.24. The van der Waals surface area contributed by atoms with Crippen LogP contribution >= 0.6 is 0 Å². The standard InChI is InChI=1S/C13H10FN3O2/c14-9-3-4-10(15)8(6-9)7-17-12-11(19-13(17)18)2-1-5-16-12/h1-6H,7,15H2. The number of nitrogens with two attached hydrogens (primary N) is 1. The molecule has 0 fully saturated rings. The van der Waals surface area contributed by atoms with Gasteiger partial charge in [0.2, 0.25) is 0 Å². The van der Waals surface area contributed by atoms with Gasteiger partial charge in [-0.1, -0.05) is 0 Å². The Kier molecular flexibility index (Phi) is 2.56. The van der Waals surface area contributed by atoms with Gasteiger partial charge in [0.25, 0.3) is 0 Å². The van der Waals surface area contributed by atoms with Gasteiger partial charge in [-0.05, 0) is 35.9 Å². The van der Waals surface area contributed by atoms with E-state index in [-0.39, 0.29) is 6.54 Å². The van der Waals surface area contributed by atoms with Crippen LogP contribution in [0.4, 0.5) is 10.1 Å². The number of nitrogens with zero attached hydrogens (tertiary/aromatic N) is 2. The molecule has 0 saturated carbocycles. The summed E-state index contributed by atoms with van der Waals surface area (Å²) in [4.78, 5) is 15.8. The molecule has 6 heteroatoms. The molecule has 0 bridgehead atoms. The van der Waals surface area contributed by atoms with Crippen molar-refractivity contribution in [3.05, 3.63) is 58.5 Å². The minimum Gasteiger partial charge on any atom is -0.406 e. The van der Waals surface area contributed by atoms with E-state index in [1.54, 1.807) is 18.3 Å². The average molecular weight is 259 g/mol. The van der Waals surface area contributed by atoms with Crippen molar-refractivity contribution >= 4 is 16.9 Å². The summed E-state index contributed by atoms with van der Waals surface area (Å²) in [7, 11) is 0. The van der Waals surface area contributed by atoms with Crippen molar-refractivity contribution in [2.45, 2.75) is 6.54 Å². The smallest absolute Gasteiger partial charge is 0.406 e. The molecular weight excluding hydrogens is 249 g/mol. The van der Waals surface area contributed by atoms with Crippen molar-refractivity contribution in [2.75, 3.05) is 5.73 Å². The lowest BCUT2D eigenvalue weighted by molar-refractivity contribution is 0.517. The number of halogens is 1. The highest BCUT2D eigenvalue weighted by atomic mass is 19.1. The molecule has 0 saturated heterocycles. The van der Waals surface area contributed by atoms with Crippen LogP contribution in [0.25, 0.3) is 11.2 Å². The highest BCUT2D eigenvalue weighted by Gasteiger charge is 2.12. The third kappa shape index (κ3) is 1.97. The number of oxazole rings is 1. The van der Waals surface area contributed by atoms with Crippen molar-refractivity contribution in [3.63, 3.8) is 0 Å². The topological polar surface area (TPSA) is 74.0 Å². The van der Waals surface area contributed by atoms with E-state index in [1.165, 1.54) is 22.8 Å². The van der Waals surface area contributed by atoms with Crippen LogP contribution in [0.5, 0.6) is 0 Å². The predicted molar refractivity (Wildman–Crippen MR) is 68.2 cm³/mol. The third-order valence-electron chi connectivity index (χ3n) is 2.86. The summed E-state index contributed by atoms with van der Waals surface area (Å²) in [5, 5.41) is 0. The normalized spacial score (nSPS) is 11.0. The Bertz CT molecular complexity index is 807. The van der Waals surface area contributed by atoms with E-state index in [2.05, 4.69) is 4.98 Å². The SMILES string of the molecule is Nc1ccc(F)cc1Cn1c(=O)oc2cccnc21. The monoisotopic (exact) mass is 259 g/mol. The first-order chi connectivity index (χ1) is 9.15. The summed E-state index contributed by atoms with van der Waals surface area (Å²) in [5.41, 5.74) is 7.50. The van der Waals surface area contributed by atoms with Crippen LogP contribution in [0.1, 0.15) is 5.56 Å². The molecule has 2 aromatic heterocycles. The molecule has 3 aromatic rings. The zero-order valence-corrected chi connectivity index (χ0v) is 9.84. The van der Waals surface area contributed by atoms with Crippen LogP contribution in [0, 0.1) is 5.82 Å². The molecule has 2 N–H and O–H groups in total. The van der Waals surface area contributed by atoms with Crippen LogP contribution in [0.15, 0.2) is 45.7 Å². The van der Waals surface area contributed by atoms with E-state index in [1.807, 2.05) is 0 Å². The van der Waals surface area contributed by atoms with E-state index >= 15 is 0 Å². The second-order valence-corrected chi connectivity index (χ2v) is 4.12. The van der Waals surface area contributed by atoms with Crippen molar-refractivity contribution in [1.29, 1.82) is 0 Å². The summed E-state index contributed by atoms with van der Waals surface area (Å²) >= 11 is 0. The number of pyridine rings is 1. The Morgan fingerprint density at radius 3 is 3.05 bits per heavy atom. The van der Waals surface area contributed by atoms with Gasteiger partial charge in [0.1, 0.15) is 5.82 Å². The molecule has 96 valence electrons. The first-order valence-corrected chi connectivity index (χ1v) is 5.63. The van der Waals surface area contributed by atoms with Crippen molar-refractivity contribution in [2.24, 2.45) is 0 Å².